The monoisotopic (exact) mass is 367 g/mol. The zero-order valence-corrected chi connectivity index (χ0v) is 15.2. The third-order valence-corrected chi connectivity index (χ3v) is 6.97. The van der Waals surface area contributed by atoms with Crippen LogP contribution >= 0.6 is 11.3 Å². The van der Waals surface area contributed by atoms with E-state index >= 15 is 0 Å². The summed E-state index contributed by atoms with van der Waals surface area (Å²) in [5, 5.41) is 2.86. The lowest BCUT2D eigenvalue weighted by Crippen LogP contribution is -2.44. The van der Waals surface area contributed by atoms with Crippen LogP contribution in [0.2, 0.25) is 0 Å². The molecule has 1 amide bonds. The average molecular weight is 367 g/mol. The molecule has 0 saturated carbocycles. The van der Waals surface area contributed by atoms with E-state index in [0.29, 0.717) is 25.1 Å². The molecule has 0 spiro atoms. The van der Waals surface area contributed by atoms with E-state index in [4.69, 9.17) is 0 Å². The van der Waals surface area contributed by atoms with Gasteiger partial charge in [-0.25, -0.2) is 13.4 Å². The molecule has 24 heavy (non-hydrogen) atoms. The lowest BCUT2D eigenvalue weighted by atomic mass is 10.2. The van der Waals surface area contributed by atoms with Gasteiger partial charge in [-0.05, 0) is 37.5 Å². The number of carbonyl (C=O) groups is 1. The number of unbranched alkanes of at least 4 members (excludes halogenated alkanes) is 1. The third kappa shape index (κ3) is 3.60. The van der Waals surface area contributed by atoms with E-state index in [1.807, 2.05) is 19.1 Å². The molecule has 1 aliphatic heterocycles. The van der Waals surface area contributed by atoms with Gasteiger partial charge in [0, 0.05) is 12.2 Å². The summed E-state index contributed by atoms with van der Waals surface area (Å²) in [5.41, 5.74) is 3.33. The summed E-state index contributed by atoms with van der Waals surface area (Å²) in [6.07, 6.45) is 2.73. The van der Waals surface area contributed by atoms with Crippen LogP contribution in [0, 0.1) is 0 Å². The van der Waals surface area contributed by atoms with Gasteiger partial charge in [0.05, 0.1) is 21.5 Å². The van der Waals surface area contributed by atoms with Crippen LogP contribution in [-0.4, -0.2) is 42.0 Å². The van der Waals surface area contributed by atoms with Gasteiger partial charge in [0.15, 0.2) is 0 Å². The van der Waals surface area contributed by atoms with Crippen molar-refractivity contribution in [3.8, 4) is 0 Å². The van der Waals surface area contributed by atoms with Crippen molar-refractivity contribution in [2.75, 3.05) is 17.6 Å². The van der Waals surface area contributed by atoms with Gasteiger partial charge in [0.25, 0.3) is 0 Å². The Hall–Kier alpha value is -1.51. The fraction of sp³-hybridized carbons (Fsp3) is 0.500. The smallest absolute Gasteiger partial charge is 0.242 e. The Labute approximate surface area is 145 Å². The molecule has 1 atom stereocenters. The molecule has 0 aliphatic carbocycles. The third-order valence-electron chi connectivity index (χ3n) is 4.22. The number of nitrogens with zero attached hydrogens (tertiary/aromatic N) is 2. The number of amides is 1. The second kappa shape index (κ2) is 7.16. The van der Waals surface area contributed by atoms with Gasteiger partial charge < -0.3 is 5.32 Å². The summed E-state index contributed by atoms with van der Waals surface area (Å²) in [5.74, 6) is -0.142. The van der Waals surface area contributed by atoms with Gasteiger partial charge in [0.2, 0.25) is 15.9 Å². The van der Waals surface area contributed by atoms with Crippen LogP contribution in [0.4, 0.5) is 5.69 Å². The SMILES string of the molecule is CCCCS(=O)(=O)N1CCC[C@@H]1C(=O)Nc1ccc2ncsc2c1. The van der Waals surface area contributed by atoms with Crippen molar-refractivity contribution in [3.05, 3.63) is 23.7 Å². The number of nitrogens with one attached hydrogen (secondary N) is 1. The quantitative estimate of drug-likeness (QED) is 0.851. The molecule has 0 unspecified atom stereocenters. The largest absolute Gasteiger partial charge is 0.325 e. The molecule has 1 N–H and O–H groups in total. The molecule has 2 heterocycles. The number of thiazole rings is 1. The summed E-state index contributed by atoms with van der Waals surface area (Å²) in [7, 11) is -3.37. The zero-order valence-electron chi connectivity index (χ0n) is 13.6. The predicted molar refractivity (Wildman–Crippen MR) is 96.7 cm³/mol. The van der Waals surface area contributed by atoms with Crippen LogP contribution in [0.25, 0.3) is 10.2 Å². The van der Waals surface area contributed by atoms with E-state index in [0.717, 1.165) is 23.1 Å². The van der Waals surface area contributed by atoms with Crippen LogP contribution in [0.3, 0.4) is 0 Å². The van der Waals surface area contributed by atoms with Gasteiger partial charge in [-0.15, -0.1) is 11.3 Å². The lowest BCUT2D eigenvalue weighted by Gasteiger charge is -2.23. The predicted octanol–water partition coefficient (Wildman–Crippen LogP) is 2.83. The second-order valence-electron chi connectivity index (χ2n) is 5.96. The Bertz CT molecular complexity index is 832. The fourth-order valence-electron chi connectivity index (χ4n) is 2.94. The number of aromatic nitrogens is 1. The van der Waals surface area contributed by atoms with Crippen LogP contribution in [0.1, 0.15) is 32.6 Å². The molecule has 0 radical (unpaired) electrons. The number of fused-ring (bicyclic) bond motifs is 1. The fourth-order valence-corrected chi connectivity index (χ4v) is 5.54. The Kier molecular flexibility index (Phi) is 5.17. The van der Waals surface area contributed by atoms with Crippen molar-refractivity contribution in [1.29, 1.82) is 0 Å². The molecule has 1 aromatic carbocycles. The molecule has 2 aromatic rings. The van der Waals surface area contributed by atoms with Gasteiger partial charge in [-0.2, -0.15) is 4.31 Å². The Morgan fingerprint density at radius 1 is 1.46 bits per heavy atom. The minimum absolute atomic E-state index is 0.111. The molecule has 3 rings (SSSR count). The van der Waals surface area contributed by atoms with Gasteiger partial charge in [0.1, 0.15) is 6.04 Å². The average Bonchev–Trinajstić information content (AvgIpc) is 3.21. The zero-order chi connectivity index (χ0) is 17.2. The van der Waals surface area contributed by atoms with Crippen LogP contribution < -0.4 is 5.32 Å². The van der Waals surface area contributed by atoms with Gasteiger partial charge >= 0.3 is 0 Å². The molecule has 6 nitrogen and oxygen atoms in total. The second-order valence-corrected chi connectivity index (χ2v) is 8.89. The van der Waals surface area contributed by atoms with Crippen molar-refractivity contribution in [2.24, 2.45) is 0 Å². The van der Waals surface area contributed by atoms with E-state index < -0.39 is 16.1 Å². The van der Waals surface area contributed by atoms with E-state index in [1.54, 1.807) is 11.6 Å². The maximum atomic E-state index is 12.6. The van der Waals surface area contributed by atoms with Gasteiger partial charge in [-0.1, -0.05) is 13.3 Å². The number of rotatable bonds is 6. The first kappa shape index (κ1) is 17.3. The maximum Gasteiger partial charge on any atom is 0.242 e. The Morgan fingerprint density at radius 2 is 2.29 bits per heavy atom. The molecule has 1 aromatic heterocycles. The van der Waals surface area contributed by atoms with E-state index in [1.165, 1.54) is 15.6 Å². The summed E-state index contributed by atoms with van der Waals surface area (Å²) in [4.78, 5) is 16.8. The molecular weight excluding hydrogens is 346 g/mol. The first-order valence-electron chi connectivity index (χ1n) is 8.15. The molecule has 8 heteroatoms. The van der Waals surface area contributed by atoms with Crippen molar-refractivity contribution in [2.45, 2.75) is 38.6 Å². The topological polar surface area (TPSA) is 79.4 Å². The number of sulfonamides is 1. The summed E-state index contributed by atoms with van der Waals surface area (Å²) in [6, 6.07) is 4.91. The first-order chi connectivity index (χ1) is 11.5. The standard InChI is InChI=1S/C16H21N3O3S2/c1-2-3-9-24(21,22)19-8-4-5-14(19)16(20)18-12-6-7-13-15(10-12)23-11-17-13/h6-7,10-11,14H,2-5,8-9H2,1H3,(H,18,20)/t14-/m1/s1. The first-order valence-corrected chi connectivity index (χ1v) is 10.6. The Balaban J connectivity index is 1.73. The molecule has 1 saturated heterocycles. The number of anilines is 1. The minimum Gasteiger partial charge on any atom is -0.325 e. The highest BCUT2D eigenvalue weighted by Gasteiger charge is 2.38. The van der Waals surface area contributed by atoms with Crippen LogP contribution in [0.5, 0.6) is 0 Å². The normalized spacial score (nSPS) is 19.0. The van der Waals surface area contributed by atoms with E-state index in [-0.39, 0.29) is 11.7 Å². The van der Waals surface area contributed by atoms with E-state index in [9.17, 15) is 13.2 Å². The molecule has 1 aliphatic rings. The van der Waals surface area contributed by atoms with Crippen molar-refractivity contribution in [1.82, 2.24) is 9.29 Å². The maximum absolute atomic E-state index is 12.6. The van der Waals surface area contributed by atoms with E-state index in [2.05, 4.69) is 10.3 Å². The number of hydrogen-bond donors (Lipinski definition) is 1. The molecular formula is C16H21N3O3S2. The highest BCUT2D eigenvalue weighted by atomic mass is 32.2. The highest BCUT2D eigenvalue weighted by Crippen LogP contribution is 2.25. The number of benzene rings is 1. The molecule has 1 fully saturated rings. The lowest BCUT2D eigenvalue weighted by molar-refractivity contribution is -0.119. The molecule has 130 valence electrons. The van der Waals surface area contributed by atoms with Crippen LogP contribution in [-0.2, 0) is 14.8 Å². The summed E-state index contributed by atoms with van der Waals surface area (Å²) >= 11 is 1.51. The number of carbonyl (C=O) groups excluding carboxylic acids is 1. The molecule has 0 bridgehead atoms. The van der Waals surface area contributed by atoms with Crippen molar-refractivity contribution < 1.29 is 13.2 Å². The number of hydrogen-bond acceptors (Lipinski definition) is 5. The Morgan fingerprint density at radius 3 is 3.08 bits per heavy atom. The van der Waals surface area contributed by atoms with Crippen molar-refractivity contribution >= 4 is 43.2 Å². The van der Waals surface area contributed by atoms with Crippen molar-refractivity contribution in [3.63, 3.8) is 0 Å². The van der Waals surface area contributed by atoms with Gasteiger partial charge in [-0.3, -0.25) is 4.79 Å². The summed E-state index contributed by atoms with van der Waals surface area (Å²) in [6.45, 7) is 2.39. The van der Waals surface area contributed by atoms with Crippen LogP contribution in [0.15, 0.2) is 23.7 Å². The minimum atomic E-state index is -3.37. The highest BCUT2D eigenvalue weighted by molar-refractivity contribution is 7.89. The summed E-state index contributed by atoms with van der Waals surface area (Å²) < 4.78 is 27.2.